The number of hydrogen-bond acceptors (Lipinski definition) is 8. The number of rotatable bonds is 7. The number of pyridine rings is 2. The first kappa shape index (κ1) is 28.9. The third-order valence-electron chi connectivity index (χ3n) is 7.87. The average molecular weight is 585 g/mol. The summed E-state index contributed by atoms with van der Waals surface area (Å²) in [6, 6.07) is 11.8. The number of aliphatic hydroxyl groups excluding tert-OH is 1. The molecule has 0 radical (unpaired) electrons. The zero-order chi connectivity index (χ0) is 30.0. The Kier molecular flexibility index (Phi) is 8.23. The molecular weight excluding hydrogens is 544 g/mol. The molecule has 3 aromatic heterocycles. The molecule has 2 aliphatic heterocycles. The molecule has 1 saturated heterocycles. The molecule has 10 nitrogen and oxygen atoms in total. The van der Waals surface area contributed by atoms with Gasteiger partial charge in [-0.1, -0.05) is 12.5 Å². The molecule has 2 aliphatic rings. The number of aromatic nitrogens is 3. The van der Waals surface area contributed by atoms with E-state index >= 15 is 0 Å². The number of amides is 1. The van der Waals surface area contributed by atoms with E-state index < -0.39 is 11.8 Å². The Morgan fingerprint density at radius 1 is 1.05 bits per heavy atom. The van der Waals surface area contributed by atoms with Gasteiger partial charge in [-0.2, -0.15) is 0 Å². The van der Waals surface area contributed by atoms with Crippen molar-refractivity contribution in [3.05, 3.63) is 66.1 Å². The standard InChI is InChI=1S/C33H40N6O4/c1-33(2,3)43-32(41)39-16-11-22-7-8-25(17-24(22)20-39)42-27-10-13-35-31-30(27)26(19-36-31)23-9-12-34-28(18-23)37-29(40)21-38-14-5-4-6-15-38/h7-10,12-13,17-19,29,40H,4-6,11,14-16,20-21H2,1-3H3,(H,34,37)(H,35,36). The van der Waals surface area contributed by atoms with Crippen LogP contribution < -0.4 is 10.1 Å². The molecule has 10 heteroatoms. The summed E-state index contributed by atoms with van der Waals surface area (Å²) < 4.78 is 12.1. The van der Waals surface area contributed by atoms with Gasteiger partial charge < -0.3 is 29.8 Å². The first-order valence-corrected chi connectivity index (χ1v) is 15.1. The minimum atomic E-state index is -0.709. The van der Waals surface area contributed by atoms with E-state index in [1.54, 1.807) is 17.3 Å². The summed E-state index contributed by atoms with van der Waals surface area (Å²) >= 11 is 0. The van der Waals surface area contributed by atoms with E-state index in [0.717, 1.165) is 41.6 Å². The topological polar surface area (TPSA) is 116 Å². The third kappa shape index (κ3) is 6.92. The van der Waals surface area contributed by atoms with Crippen molar-refractivity contribution in [2.45, 2.75) is 64.8 Å². The van der Waals surface area contributed by atoms with Crippen molar-refractivity contribution in [3.63, 3.8) is 0 Å². The predicted molar refractivity (Wildman–Crippen MR) is 166 cm³/mol. The maximum atomic E-state index is 12.7. The van der Waals surface area contributed by atoms with Crippen LogP contribution in [-0.2, 0) is 17.7 Å². The van der Waals surface area contributed by atoms with Gasteiger partial charge in [0.05, 0.1) is 5.39 Å². The van der Waals surface area contributed by atoms with Gasteiger partial charge in [0.2, 0.25) is 0 Å². The second-order valence-corrected chi connectivity index (χ2v) is 12.4. The predicted octanol–water partition coefficient (Wildman–Crippen LogP) is 5.93. The molecule has 3 N–H and O–H groups in total. The first-order valence-electron chi connectivity index (χ1n) is 15.1. The van der Waals surface area contributed by atoms with Crippen LogP contribution in [0.2, 0.25) is 0 Å². The molecule has 0 saturated carbocycles. The molecule has 0 bridgehead atoms. The summed E-state index contributed by atoms with van der Waals surface area (Å²) in [5, 5.41) is 14.7. The molecular formula is C33H40N6O4. The van der Waals surface area contributed by atoms with E-state index in [9.17, 15) is 9.90 Å². The smallest absolute Gasteiger partial charge is 0.410 e. The number of nitrogens with zero attached hydrogens (tertiary/aromatic N) is 4. The average Bonchev–Trinajstić information content (AvgIpc) is 3.42. The third-order valence-corrected chi connectivity index (χ3v) is 7.87. The lowest BCUT2D eigenvalue weighted by atomic mass is 10.00. The summed E-state index contributed by atoms with van der Waals surface area (Å²) in [6.07, 6.45) is 8.74. The largest absolute Gasteiger partial charge is 0.457 e. The molecule has 0 spiro atoms. The zero-order valence-corrected chi connectivity index (χ0v) is 25.1. The van der Waals surface area contributed by atoms with Crippen LogP contribution in [0.15, 0.2) is 55.0 Å². The van der Waals surface area contributed by atoms with Gasteiger partial charge in [0.1, 0.15) is 34.8 Å². The highest BCUT2D eigenvalue weighted by molar-refractivity contribution is 5.98. The Balaban J connectivity index is 1.21. The van der Waals surface area contributed by atoms with Crippen LogP contribution in [0.3, 0.4) is 0 Å². The van der Waals surface area contributed by atoms with E-state index in [1.807, 2.05) is 57.3 Å². The van der Waals surface area contributed by atoms with Gasteiger partial charge in [0, 0.05) is 43.8 Å². The van der Waals surface area contributed by atoms with Gasteiger partial charge in [0.25, 0.3) is 0 Å². The van der Waals surface area contributed by atoms with E-state index in [1.165, 1.54) is 24.8 Å². The Morgan fingerprint density at radius 2 is 1.86 bits per heavy atom. The van der Waals surface area contributed by atoms with Gasteiger partial charge >= 0.3 is 6.09 Å². The second kappa shape index (κ2) is 12.2. The number of aromatic amines is 1. The quantitative estimate of drug-likeness (QED) is 0.229. The number of anilines is 1. The lowest BCUT2D eigenvalue weighted by Gasteiger charge is -2.31. The molecule has 1 unspecified atom stereocenters. The number of H-pyrrole nitrogens is 1. The fourth-order valence-corrected chi connectivity index (χ4v) is 5.83. The summed E-state index contributed by atoms with van der Waals surface area (Å²) in [5.74, 6) is 1.95. The normalized spacial score (nSPS) is 16.5. The maximum absolute atomic E-state index is 12.7. The molecule has 4 aromatic rings. The monoisotopic (exact) mass is 584 g/mol. The first-order chi connectivity index (χ1) is 20.7. The molecule has 6 rings (SSSR count). The van der Waals surface area contributed by atoms with Crippen molar-refractivity contribution >= 4 is 22.9 Å². The Bertz CT molecular complexity index is 1590. The number of carbonyl (C=O) groups excluding carboxylic acids is 1. The molecule has 1 atom stereocenters. The molecule has 1 aromatic carbocycles. The van der Waals surface area contributed by atoms with Gasteiger partial charge in [-0.25, -0.2) is 14.8 Å². The fraction of sp³-hybridized carbons (Fsp3) is 0.424. The zero-order valence-electron chi connectivity index (χ0n) is 25.1. The number of ether oxygens (including phenoxy) is 2. The molecule has 226 valence electrons. The molecule has 1 amide bonds. The van der Waals surface area contributed by atoms with Crippen LogP contribution in [-0.4, -0.2) is 74.0 Å². The van der Waals surface area contributed by atoms with Gasteiger partial charge in [-0.15, -0.1) is 0 Å². The minimum Gasteiger partial charge on any atom is -0.457 e. The van der Waals surface area contributed by atoms with Gasteiger partial charge in [-0.05, 0) is 100 Å². The van der Waals surface area contributed by atoms with Crippen molar-refractivity contribution in [2.24, 2.45) is 0 Å². The Hall–Kier alpha value is -4.15. The highest BCUT2D eigenvalue weighted by Crippen LogP contribution is 2.38. The van der Waals surface area contributed by atoms with Crippen LogP contribution in [0.5, 0.6) is 11.5 Å². The van der Waals surface area contributed by atoms with Crippen LogP contribution in [0.4, 0.5) is 10.6 Å². The van der Waals surface area contributed by atoms with Gasteiger partial charge in [-0.3, -0.25) is 4.90 Å². The summed E-state index contributed by atoms with van der Waals surface area (Å²) in [5.41, 5.74) is 4.25. The lowest BCUT2D eigenvalue weighted by Crippen LogP contribution is -2.39. The van der Waals surface area contributed by atoms with Crippen molar-refractivity contribution in [2.75, 3.05) is 31.5 Å². The van der Waals surface area contributed by atoms with Gasteiger partial charge in [0.15, 0.2) is 0 Å². The van der Waals surface area contributed by atoms with Crippen molar-refractivity contribution in [3.8, 4) is 22.6 Å². The second-order valence-electron chi connectivity index (χ2n) is 12.4. The maximum Gasteiger partial charge on any atom is 0.410 e. The highest BCUT2D eigenvalue weighted by Gasteiger charge is 2.26. The van der Waals surface area contributed by atoms with Crippen molar-refractivity contribution < 1.29 is 19.4 Å². The number of hydrogen-bond donors (Lipinski definition) is 3. The van der Waals surface area contributed by atoms with E-state index in [2.05, 4.69) is 31.2 Å². The lowest BCUT2D eigenvalue weighted by molar-refractivity contribution is 0.0223. The fourth-order valence-electron chi connectivity index (χ4n) is 5.83. The van der Waals surface area contributed by atoms with E-state index in [4.69, 9.17) is 9.47 Å². The van der Waals surface area contributed by atoms with Crippen molar-refractivity contribution in [1.29, 1.82) is 0 Å². The van der Waals surface area contributed by atoms with Crippen molar-refractivity contribution in [1.82, 2.24) is 24.8 Å². The summed E-state index contributed by atoms with van der Waals surface area (Å²) in [6.45, 7) is 9.33. The van der Waals surface area contributed by atoms with E-state index in [0.29, 0.717) is 42.6 Å². The van der Waals surface area contributed by atoms with Crippen LogP contribution in [0, 0.1) is 0 Å². The Morgan fingerprint density at radius 3 is 2.67 bits per heavy atom. The van der Waals surface area contributed by atoms with Crippen LogP contribution >= 0.6 is 0 Å². The number of benzene rings is 1. The molecule has 43 heavy (non-hydrogen) atoms. The summed E-state index contributed by atoms with van der Waals surface area (Å²) in [4.78, 5) is 29.0. The SMILES string of the molecule is CC(C)(C)OC(=O)N1CCc2ccc(Oc3ccnc4[nH]cc(-c5ccnc(NC(O)CN6CCCCC6)c5)c34)cc2C1. The number of carbonyl (C=O) groups is 1. The number of fused-ring (bicyclic) bond motifs is 2. The Labute approximate surface area is 252 Å². The molecule has 1 fully saturated rings. The summed E-state index contributed by atoms with van der Waals surface area (Å²) in [7, 11) is 0. The number of likely N-dealkylation sites (tertiary alicyclic amines) is 1. The van der Waals surface area contributed by atoms with Crippen LogP contribution in [0.1, 0.15) is 51.2 Å². The molecule has 0 aliphatic carbocycles. The minimum absolute atomic E-state index is 0.303. The number of aliphatic hydroxyl groups is 1. The van der Waals surface area contributed by atoms with E-state index in [-0.39, 0.29) is 6.09 Å². The molecule has 5 heterocycles. The number of nitrogens with one attached hydrogen (secondary N) is 2. The highest BCUT2D eigenvalue weighted by atomic mass is 16.6. The number of β-amino-alcohol motifs (C(OH)–C–C–N with tert-alkyl or cyclic N) is 1. The van der Waals surface area contributed by atoms with Crippen LogP contribution in [0.25, 0.3) is 22.2 Å². The number of piperidine rings is 1.